The Bertz CT molecular complexity index is 856. The molecule has 0 spiro atoms. The largest absolute Gasteiger partial charge is 0.452 e. The number of aryl methyl sites for hydroxylation is 1. The molecule has 0 heterocycles. The van der Waals surface area contributed by atoms with Crippen molar-refractivity contribution in [3.05, 3.63) is 68.5 Å². The Labute approximate surface area is 146 Å². The van der Waals surface area contributed by atoms with Gasteiger partial charge in [0.15, 0.2) is 6.61 Å². The van der Waals surface area contributed by atoms with Gasteiger partial charge in [-0.15, -0.1) is 0 Å². The number of esters is 1. The zero-order chi connectivity index (χ0) is 18.6. The molecule has 1 N–H and O–H groups in total. The molecule has 0 aliphatic carbocycles. The maximum Gasteiger partial charge on any atom is 0.340 e. The van der Waals surface area contributed by atoms with Crippen molar-refractivity contribution in [3.8, 4) is 0 Å². The van der Waals surface area contributed by atoms with Gasteiger partial charge in [-0.05, 0) is 36.8 Å². The molecule has 0 bridgehead atoms. The SMILES string of the molecule is Cc1ccc(NC(=O)COC(=O)c2ccc(F)cc2Cl)c([N+](=O)[O-])c1. The van der Waals surface area contributed by atoms with Crippen LogP contribution >= 0.6 is 11.6 Å². The van der Waals surface area contributed by atoms with E-state index in [4.69, 9.17) is 16.3 Å². The van der Waals surface area contributed by atoms with Crippen molar-refractivity contribution in [1.29, 1.82) is 0 Å². The van der Waals surface area contributed by atoms with Gasteiger partial charge >= 0.3 is 5.97 Å². The molecule has 2 aromatic rings. The van der Waals surface area contributed by atoms with Crippen LogP contribution < -0.4 is 5.32 Å². The number of nitro benzene ring substituents is 1. The molecule has 2 rings (SSSR count). The monoisotopic (exact) mass is 366 g/mol. The lowest BCUT2D eigenvalue weighted by Gasteiger charge is -2.08. The van der Waals surface area contributed by atoms with Crippen molar-refractivity contribution in [2.75, 3.05) is 11.9 Å². The Morgan fingerprint density at radius 2 is 2.00 bits per heavy atom. The topological polar surface area (TPSA) is 98.5 Å². The first kappa shape index (κ1) is 18.3. The van der Waals surface area contributed by atoms with Crippen molar-refractivity contribution >= 4 is 34.9 Å². The molecule has 0 aliphatic heterocycles. The number of nitrogens with one attached hydrogen (secondary N) is 1. The molecule has 2 aromatic carbocycles. The molecule has 0 saturated carbocycles. The summed E-state index contributed by atoms with van der Waals surface area (Å²) in [5.74, 6) is -2.30. The number of carbonyl (C=O) groups excluding carboxylic acids is 2. The van der Waals surface area contributed by atoms with E-state index < -0.39 is 29.2 Å². The number of nitro groups is 1. The van der Waals surface area contributed by atoms with Gasteiger partial charge in [0.25, 0.3) is 11.6 Å². The molecule has 7 nitrogen and oxygen atoms in total. The molecule has 0 unspecified atom stereocenters. The Morgan fingerprint density at radius 1 is 1.28 bits per heavy atom. The highest BCUT2D eigenvalue weighted by molar-refractivity contribution is 6.33. The van der Waals surface area contributed by atoms with Crippen LogP contribution in [0.2, 0.25) is 5.02 Å². The van der Waals surface area contributed by atoms with E-state index in [1.807, 2.05) is 0 Å². The van der Waals surface area contributed by atoms with Crippen LogP contribution in [0.25, 0.3) is 0 Å². The van der Waals surface area contributed by atoms with Gasteiger partial charge in [0.1, 0.15) is 11.5 Å². The Hall–Kier alpha value is -3.00. The lowest BCUT2D eigenvalue weighted by molar-refractivity contribution is -0.384. The summed E-state index contributed by atoms with van der Waals surface area (Å²) in [5.41, 5.74) is 0.261. The van der Waals surface area contributed by atoms with E-state index >= 15 is 0 Å². The maximum atomic E-state index is 12.9. The van der Waals surface area contributed by atoms with Crippen molar-refractivity contribution in [3.63, 3.8) is 0 Å². The van der Waals surface area contributed by atoms with Crippen molar-refractivity contribution in [2.45, 2.75) is 6.92 Å². The molecule has 0 radical (unpaired) electrons. The van der Waals surface area contributed by atoms with Crippen LogP contribution in [0.15, 0.2) is 36.4 Å². The summed E-state index contributed by atoms with van der Waals surface area (Å²) in [7, 11) is 0. The van der Waals surface area contributed by atoms with Crippen LogP contribution in [0.5, 0.6) is 0 Å². The summed E-state index contributed by atoms with van der Waals surface area (Å²) < 4.78 is 17.7. The summed E-state index contributed by atoms with van der Waals surface area (Å²) in [5, 5.41) is 13.1. The molecular weight excluding hydrogens is 355 g/mol. The van der Waals surface area contributed by atoms with E-state index in [0.29, 0.717) is 5.56 Å². The minimum Gasteiger partial charge on any atom is -0.452 e. The summed E-state index contributed by atoms with van der Waals surface area (Å²) in [4.78, 5) is 34.0. The van der Waals surface area contributed by atoms with E-state index in [0.717, 1.165) is 18.2 Å². The normalized spacial score (nSPS) is 10.2. The molecule has 0 saturated heterocycles. The van der Waals surface area contributed by atoms with Gasteiger partial charge in [-0.25, -0.2) is 9.18 Å². The van der Waals surface area contributed by atoms with Crippen molar-refractivity contribution in [1.82, 2.24) is 0 Å². The number of nitrogens with zero attached hydrogens (tertiary/aromatic N) is 1. The smallest absolute Gasteiger partial charge is 0.340 e. The highest BCUT2D eigenvalue weighted by Gasteiger charge is 2.18. The van der Waals surface area contributed by atoms with Crippen molar-refractivity contribution < 1.29 is 23.6 Å². The van der Waals surface area contributed by atoms with Crippen LogP contribution in [0.3, 0.4) is 0 Å². The molecule has 0 atom stereocenters. The van der Waals surface area contributed by atoms with E-state index in [9.17, 15) is 24.1 Å². The maximum absolute atomic E-state index is 12.9. The number of hydrogen-bond acceptors (Lipinski definition) is 5. The third-order valence-corrected chi connectivity index (χ3v) is 3.42. The van der Waals surface area contributed by atoms with E-state index in [-0.39, 0.29) is 22.0 Å². The molecule has 0 fully saturated rings. The van der Waals surface area contributed by atoms with Crippen molar-refractivity contribution in [2.24, 2.45) is 0 Å². The van der Waals surface area contributed by atoms with Crippen LogP contribution in [0.4, 0.5) is 15.8 Å². The third-order valence-electron chi connectivity index (χ3n) is 3.11. The number of amides is 1. The third kappa shape index (κ3) is 4.74. The Morgan fingerprint density at radius 3 is 2.64 bits per heavy atom. The Kier molecular flexibility index (Phi) is 5.66. The molecular formula is C16H12ClFN2O5. The summed E-state index contributed by atoms with van der Waals surface area (Å²) >= 11 is 5.72. The van der Waals surface area contributed by atoms with Gasteiger partial charge in [-0.1, -0.05) is 17.7 Å². The lowest BCUT2D eigenvalue weighted by atomic mass is 10.2. The van der Waals surface area contributed by atoms with E-state index in [2.05, 4.69) is 5.32 Å². The Balaban J connectivity index is 2.01. The molecule has 130 valence electrons. The predicted molar refractivity (Wildman–Crippen MR) is 88.2 cm³/mol. The van der Waals surface area contributed by atoms with Gasteiger partial charge in [0.2, 0.25) is 0 Å². The fourth-order valence-corrected chi connectivity index (χ4v) is 2.19. The predicted octanol–water partition coefficient (Wildman–Crippen LogP) is 3.49. The van der Waals surface area contributed by atoms with Crippen LogP contribution in [0, 0.1) is 22.9 Å². The fourth-order valence-electron chi connectivity index (χ4n) is 1.95. The number of rotatable bonds is 5. The quantitative estimate of drug-likeness (QED) is 0.496. The molecule has 0 aliphatic rings. The minimum atomic E-state index is -0.918. The fraction of sp³-hybridized carbons (Fsp3) is 0.125. The van der Waals surface area contributed by atoms with Gasteiger partial charge in [0, 0.05) is 6.07 Å². The molecule has 25 heavy (non-hydrogen) atoms. The van der Waals surface area contributed by atoms with Gasteiger partial charge in [-0.3, -0.25) is 14.9 Å². The van der Waals surface area contributed by atoms with E-state index in [1.54, 1.807) is 13.0 Å². The number of carbonyl (C=O) groups is 2. The minimum absolute atomic E-state index is 0.0172. The highest BCUT2D eigenvalue weighted by Crippen LogP contribution is 2.25. The average Bonchev–Trinajstić information content (AvgIpc) is 2.54. The second kappa shape index (κ2) is 7.71. The zero-order valence-corrected chi connectivity index (χ0v) is 13.7. The van der Waals surface area contributed by atoms with Crippen LogP contribution in [-0.4, -0.2) is 23.4 Å². The zero-order valence-electron chi connectivity index (χ0n) is 12.9. The molecule has 1 amide bonds. The van der Waals surface area contributed by atoms with Crippen LogP contribution in [0.1, 0.15) is 15.9 Å². The average molecular weight is 367 g/mol. The summed E-state index contributed by atoms with van der Waals surface area (Å²) in [6, 6.07) is 7.37. The number of anilines is 1. The lowest BCUT2D eigenvalue weighted by Crippen LogP contribution is -2.21. The second-order valence-electron chi connectivity index (χ2n) is 5.03. The van der Waals surface area contributed by atoms with Gasteiger partial charge in [-0.2, -0.15) is 0 Å². The number of ether oxygens (including phenoxy) is 1. The standard InChI is InChI=1S/C16H12ClFN2O5/c1-9-2-5-13(14(6-9)20(23)24)19-15(21)8-25-16(22)11-4-3-10(18)7-12(11)17/h2-7H,8H2,1H3,(H,19,21). The first-order valence-electron chi connectivity index (χ1n) is 6.95. The molecule has 9 heteroatoms. The first-order valence-corrected chi connectivity index (χ1v) is 7.33. The first-order chi connectivity index (χ1) is 11.8. The molecule has 0 aromatic heterocycles. The summed E-state index contributed by atoms with van der Waals surface area (Å²) in [6.45, 7) is 0.990. The van der Waals surface area contributed by atoms with E-state index in [1.165, 1.54) is 12.1 Å². The number of hydrogen-bond donors (Lipinski definition) is 1. The highest BCUT2D eigenvalue weighted by atomic mass is 35.5. The second-order valence-corrected chi connectivity index (χ2v) is 5.43. The number of benzene rings is 2. The van der Waals surface area contributed by atoms with Gasteiger partial charge in [0.05, 0.1) is 15.5 Å². The van der Waals surface area contributed by atoms with Gasteiger partial charge < -0.3 is 10.1 Å². The van der Waals surface area contributed by atoms with Crippen LogP contribution in [-0.2, 0) is 9.53 Å². The summed E-state index contributed by atoms with van der Waals surface area (Å²) in [6.07, 6.45) is 0. The number of halogens is 2.